The first kappa shape index (κ1) is 24.1. The maximum atomic E-state index is 10.7. The lowest BCUT2D eigenvalue weighted by molar-refractivity contribution is -0.142. The number of hydrogen-bond acceptors (Lipinski definition) is 7. The van der Waals surface area contributed by atoms with Crippen molar-refractivity contribution in [3.63, 3.8) is 0 Å². The summed E-state index contributed by atoms with van der Waals surface area (Å²) in [5.41, 5.74) is -0.492. The third-order valence-electron chi connectivity index (χ3n) is 5.57. The maximum Gasteiger partial charge on any atom is 0.329 e. The number of aliphatic carboxylic acids is 1. The van der Waals surface area contributed by atoms with Gasteiger partial charge >= 0.3 is 5.97 Å². The summed E-state index contributed by atoms with van der Waals surface area (Å²) in [6.07, 6.45) is 2.91. The average Bonchev–Trinajstić information content (AvgIpc) is 3.03. The van der Waals surface area contributed by atoms with E-state index in [0.717, 1.165) is 6.42 Å². The van der Waals surface area contributed by atoms with Crippen LogP contribution in [0.2, 0.25) is 0 Å². The number of carboxylic acid groups (broad SMARTS) is 1. The zero-order chi connectivity index (χ0) is 22.0. The number of aliphatic hydroxyl groups excluding tert-OH is 1. The standard InChI is InChI=1S/C22H33NO7/c1-22(27,15-30-16-7-3-2-4-8-16)11-10-17-18(20(24)13-19(17)23-28)9-5-6-12-29-14-21(25)26/h2-4,7-8,17-18,20,24,27-28H,5-6,9-15H2,1H3,(H,25,26)/b23-19-/t17?,18-,20+,22?/m1/s1. The number of hydrogen-bond donors (Lipinski definition) is 4. The summed E-state index contributed by atoms with van der Waals surface area (Å²) in [6, 6.07) is 9.29. The second kappa shape index (κ2) is 11.9. The van der Waals surface area contributed by atoms with E-state index in [9.17, 15) is 20.2 Å². The Hall–Kier alpha value is -2.16. The van der Waals surface area contributed by atoms with E-state index in [-0.39, 0.29) is 25.0 Å². The first-order valence-corrected chi connectivity index (χ1v) is 10.4. The van der Waals surface area contributed by atoms with Gasteiger partial charge in [0.2, 0.25) is 0 Å². The van der Waals surface area contributed by atoms with E-state index in [4.69, 9.17) is 14.6 Å². The minimum Gasteiger partial charge on any atom is -0.491 e. The van der Waals surface area contributed by atoms with Crippen LogP contribution in [0.3, 0.4) is 0 Å². The number of carbonyl (C=O) groups is 1. The Morgan fingerprint density at radius 3 is 2.63 bits per heavy atom. The Labute approximate surface area is 177 Å². The first-order chi connectivity index (χ1) is 14.3. The molecule has 30 heavy (non-hydrogen) atoms. The number of aliphatic hydroxyl groups is 2. The van der Waals surface area contributed by atoms with Crippen LogP contribution < -0.4 is 4.74 Å². The summed E-state index contributed by atoms with van der Waals surface area (Å²) >= 11 is 0. The van der Waals surface area contributed by atoms with Crippen molar-refractivity contribution in [1.29, 1.82) is 0 Å². The minimum absolute atomic E-state index is 0.0683. The Balaban J connectivity index is 1.82. The van der Waals surface area contributed by atoms with Crippen LogP contribution >= 0.6 is 0 Å². The Morgan fingerprint density at radius 2 is 1.97 bits per heavy atom. The van der Waals surface area contributed by atoms with Crippen molar-refractivity contribution in [2.24, 2.45) is 17.0 Å². The van der Waals surface area contributed by atoms with Crippen molar-refractivity contribution in [3.05, 3.63) is 30.3 Å². The van der Waals surface area contributed by atoms with Gasteiger partial charge in [-0.2, -0.15) is 0 Å². The molecule has 0 saturated heterocycles. The molecular weight excluding hydrogens is 390 g/mol. The molecule has 0 aliphatic heterocycles. The Morgan fingerprint density at radius 1 is 1.23 bits per heavy atom. The van der Waals surface area contributed by atoms with Gasteiger partial charge in [-0.15, -0.1) is 0 Å². The molecule has 0 bridgehead atoms. The number of unbranched alkanes of at least 4 members (excludes halogenated alkanes) is 1. The van der Waals surface area contributed by atoms with Gasteiger partial charge in [0.05, 0.1) is 17.4 Å². The van der Waals surface area contributed by atoms with Crippen LogP contribution in [-0.2, 0) is 9.53 Å². The zero-order valence-corrected chi connectivity index (χ0v) is 17.4. The molecule has 1 aromatic rings. The molecule has 8 nitrogen and oxygen atoms in total. The van der Waals surface area contributed by atoms with Gasteiger partial charge < -0.3 is 30.0 Å². The highest BCUT2D eigenvalue weighted by Gasteiger charge is 2.40. The second-order valence-electron chi connectivity index (χ2n) is 8.21. The van der Waals surface area contributed by atoms with Crippen molar-refractivity contribution in [3.8, 4) is 5.75 Å². The molecular formula is C22H33NO7. The fourth-order valence-corrected chi connectivity index (χ4v) is 3.96. The van der Waals surface area contributed by atoms with Crippen LogP contribution in [0.4, 0.5) is 0 Å². The Kier molecular flexibility index (Phi) is 9.55. The molecule has 0 spiro atoms. The SMILES string of the molecule is CC(O)(CCC1/C(=N\O)C[C@H](O)[C@@H]1CCCCOCC(=O)O)COc1ccccc1. The van der Waals surface area contributed by atoms with E-state index < -0.39 is 17.7 Å². The van der Waals surface area contributed by atoms with Gasteiger partial charge in [0.15, 0.2) is 0 Å². The number of oxime groups is 1. The topological polar surface area (TPSA) is 129 Å². The fraction of sp³-hybridized carbons (Fsp3) is 0.636. The molecule has 1 saturated carbocycles. The third kappa shape index (κ3) is 7.93. The van der Waals surface area contributed by atoms with E-state index in [1.807, 2.05) is 30.3 Å². The Bertz CT molecular complexity index is 677. The van der Waals surface area contributed by atoms with Crippen molar-refractivity contribution >= 4 is 11.7 Å². The summed E-state index contributed by atoms with van der Waals surface area (Å²) < 4.78 is 10.7. The van der Waals surface area contributed by atoms with E-state index in [1.54, 1.807) is 6.92 Å². The third-order valence-corrected chi connectivity index (χ3v) is 5.57. The zero-order valence-electron chi connectivity index (χ0n) is 17.4. The van der Waals surface area contributed by atoms with Gasteiger partial charge in [-0.05, 0) is 50.7 Å². The van der Waals surface area contributed by atoms with Crippen molar-refractivity contribution in [1.82, 2.24) is 0 Å². The van der Waals surface area contributed by atoms with Gasteiger partial charge in [-0.1, -0.05) is 29.8 Å². The molecule has 4 atom stereocenters. The highest BCUT2D eigenvalue weighted by molar-refractivity contribution is 5.89. The van der Waals surface area contributed by atoms with Crippen molar-refractivity contribution < 1.29 is 34.8 Å². The number of carboxylic acids is 1. The van der Waals surface area contributed by atoms with Crippen LogP contribution in [-0.4, -0.2) is 63.7 Å². The highest BCUT2D eigenvalue weighted by Crippen LogP contribution is 2.38. The fourth-order valence-electron chi connectivity index (χ4n) is 3.96. The number of benzene rings is 1. The lowest BCUT2D eigenvalue weighted by Gasteiger charge is -2.27. The van der Waals surface area contributed by atoms with Crippen molar-refractivity contribution in [2.75, 3.05) is 19.8 Å². The van der Waals surface area contributed by atoms with Gasteiger partial charge in [-0.25, -0.2) is 4.79 Å². The molecule has 1 aromatic carbocycles. The monoisotopic (exact) mass is 423 g/mol. The molecule has 2 rings (SSSR count). The van der Waals surface area contributed by atoms with Gasteiger partial charge in [0, 0.05) is 18.9 Å². The van der Waals surface area contributed by atoms with Crippen LogP contribution in [0.15, 0.2) is 35.5 Å². The summed E-state index contributed by atoms with van der Waals surface area (Å²) in [7, 11) is 0. The molecule has 0 amide bonds. The van der Waals surface area contributed by atoms with Gasteiger partial charge in [0.1, 0.15) is 19.0 Å². The van der Waals surface area contributed by atoms with Gasteiger partial charge in [0.25, 0.3) is 0 Å². The normalized spacial score (nSPS) is 24.6. The quantitative estimate of drug-likeness (QED) is 0.218. The second-order valence-corrected chi connectivity index (χ2v) is 8.21. The summed E-state index contributed by atoms with van der Waals surface area (Å²) in [5.74, 6) is -0.489. The van der Waals surface area contributed by atoms with Crippen molar-refractivity contribution in [2.45, 2.75) is 57.2 Å². The van der Waals surface area contributed by atoms with Gasteiger partial charge in [-0.3, -0.25) is 0 Å². The molecule has 4 N–H and O–H groups in total. The summed E-state index contributed by atoms with van der Waals surface area (Å²) in [6.45, 7) is 1.90. The molecule has 0 heterocycles. The van der Waals surface area contributed by atoms with E-state index >= 15 is 0 Å². The molecule has 1 aliphatic carbocycles. The van der Waals surface area contributed by atoms with E-state index in [1.165, 1.54) is 0 Å². The molecule has 2 unspecified atom stereocenters. The molecule has 8 heteroatoms. The average molecular weight is 424 g/mol. The predicted octanol–water partition coefficient (Wildman–Crippen LogP) is 2.70. The maximum absolute atomic E-state index is 10.7. The molecule has 0 radical (unpaired) electrons. The number of para-hydroxylation sites is 1. The van der Waals surface area contributed by atoms with Crippen LogP contribution in [0.5, 0.6) is 5.75 Å². The summed E-state index contributed by atoms with van der Waals surface area (Å²) in [4.78, 5) is 10.5. The molecule has 0 aromatic heterocycles. The molecule has 1 fully saturated rings. The predicted molar refractivity (Wildman–Crippen MR) is 111 cm³/mol. The number of nitrogens with zero attached hydrogens (tertiary/aromatic N) is 1. The van der Waals surface area contributed by atoms with Crippen LogP contribution in [0.25, 0.3) is 0 Å². The number of ether oxygens (including phenoxy) is 2. The van der Waals surface area contributed by atoms with E-state index in [2.05, 4.69) is 5.16 Å². The van der Waals surface area contributed by atoms with E-state index in [0.29, 0.717) is 50.2 Å². The highest BCUT2D eigenvalue weighted by atomic mass is 16.5. The molecule has 168 valence electrons. The first-order valence-electron chi connectivity index (χ1n) is 10.4. The molecule has 1 aliphatic rings. The largest absolute Gasteiger partial charge is 0.491 e. The smallest absolute Gasteiger partial charge is 0.329 e. The van der Waals surface area contributed by atoms with Crippen LogP contribution in [0, 0.1) is 11.8 Å². The van der Waals surface area contributed by atoms with Crippen LogP contribution in [0.1, 0.15) is 45.4 Å². The number of rotatable bonds is 13. The minimum atomic E-state index is -1.06. The summed E-state index contributed by atoms with van der Waals surface area (Å²) in [5, 5.41) is 42.5. The lowest BCUT2D eigenvalue weighted by Crippen LogP contribution is -2.34. The lowest BCUT2D eigenvalue weighted by atomic mass is 9.83.